The Bertz CT molecular complexity index is 1310. The van der Waals surface area contributed by atoms with Gasteiger partial charge in [-0.3, -0.25) is 9.59 Å². The molecule has 0 atom stereocenters. The highest BCUT2D eigenvalue weighted by atomic mass is 16.6. The molecule has 3 aromatic carbocycles. The van der Waals surface area contributed by atoms with Crippen molar-refractivity contribution in [3.8, 4) is 23.0 Å². The fourth-order valence-electron chi connectivity index (χ4n) is 3.38. The van der Waals surface area contributed by atoms with E-state index < -0.39 is 17.8 Å². The van der Waals surface area contributed by atoms with Gasteiger partial charge in [-0.15, -0.1) is 0 Å². The molecule has 0 fully saturated rings. The van der Waals surface area contributed by atoms with Gasteiger partial charge in [-0.25, -0.2) is 10.2 Å². The van der Waals surface area contributed by atoms with Crippen molar-refractivity contribution in [1.29, 1.82) is 0 Å². The predicted molar refractivity (Wildman–Crippen MR) is 150 cm³/mol. The van der Waals surface area contributed by atoms with E-state index in [4.69, 9.17) is 18.9 Å². The number of carbonyl (C=O) groups excluding carboxylic acids is 3. The molecule has 2 amide bonds. The molecule has 0 spiro atoms. The summed E-state index contributed by atoms with van der Waals surface area (Å²) in [5, 5.41) is 6.43. The van der Waals surface area contributed by atoms with Gasteiger partial charge in [0.25, 0.3) is 11.8 Å². The lowest BCUT2D eigenvalue weighted by atomic mass is 10.2. The van der Waals surface area contributed by atoms with Crippen LogP contribution < -0.4 is 29.7 Å². The van der Waals surface area contributed by atoms with Gasteiger partial charge in [0.05, 0.1) is 38.6 Å². The molecular formula is C30H33N3O7. The van der Waals surface area contributed by atoms with Crippen molar-refractivity contribution in [2.75, 3.05) is 26.9 Å². The minimum atomic E-state index is -0.542. The zero-order chi connectivity index (χ0) is 28.7. The molecule has 0 saturated heterocycles. The normalized spacial score (nSPS) is 10.6. The van der Waals surface area contributed by atoms with Gasteiger partial charge >= 0.3 is 5.97 Å². The van der Waals surface area contributed by atoms with Crippen LogP contribution in [0.5, 0.6) is 23.0 Å². The summed E-state index contributed by atoms with van der Waals surface area (Å²) >= 11 is 0. The molecule has 0 bridgehead atoms. The highest BCUT2D eigenvalue weighted by Gasteiger charge is 2.13. The molecule has 0 aromatic heterocycles. The summed E-state index contributed by atoms with van der Waals surface area (Å²) in [5.41, 5.74) is 3.71. The van der Waals surface area contributed by atoms with Gasteiger partial charge in [0.1, 0.15) is 11.5 Å². The Morgan fingerprint density at radius 2 is 1.52 bits per heavy atom. The number of rotatable bonds is 14. The number of amides is 2. The third-order valence-corrected chi connectivity index (χ3v) is 5.49. The maximum absolute atomic E-state index is 12.6. The number of nitrogens with zero attached hydrogens (tertiary/aromatic N) is 1. The lowest BCUT2D eigenvalue weighted by molar-refractivity contribution is -0.120. The third-order valence-electron chi connectivity index (χ3n) is 5.49. The van der Waals surface area contributed by atoms with Crippen LogP contribution in [0.4, 0.5) is 0 Å². The minimum absolute atomic E-state index is 0.231. The number of nitrogens with one attached hydrogen (secondary N) is 2. The third kappa shape index (κ3) is 9.16. The van der Waals surface area contributed by atoms with Crippen molar-refractivity contribution in [3.05, 3.63) is 83.4 Å². The topological polar surface area (TPSA) is 125 Å². The summed E-state index contributed by atoms with van der Waals surface area (Å²) in [6.45, 7) is 4.86. The van der Waals surface area contributed by atoms with E-state index in [1.807, 2.05) is 6.92 Å². The van der Waals surface area contributed by atoms with Gasteiger partial charge in [0, 0.05) is 5.56 Å². The molecule has 0 heterocycles. The first-order valence-corrected chi connectivity index (χ1v) is 12.9. The van der Waals surface area contributed by atoms with E-state index in [2.05, 4.69) is 22.8 Å². The molecule has 0 aliphatic carbocycles. The molecule has 0 aliphatic heterocycles. The van der Waals surface area contributed by atoms with Gasteiger partial charge in [0.15, 0.2) is 11.5 Å². The van der Waals surface area contributed by atoms with Crippen LogP contribution in [-0.4, -0.2) is 50.9 Å². The van der Waals surface area contributed by atoms with Crippen molar-refractivity contribution in [1.82, 2.24) is 10.7 Å². The van der Waals surface area contributed by atoms with Crippen LogP contribution in [-0.2, 0) is 4.79 Å². The number of hydrogen-bond donors (Lipinski definition) is 2. The first-order valence-electron chi connectivity index (χ1n) is 12.9. The number of hydrazone groups is 1. The van der Waals surface area contributed by atoms with E-state index in [0.717, 1.165) is 12.8 Å². The highest BCUT2D eigenvalue weighted by Crippen LogP contribution is 2.28. The number of carbonyl (C=O) groups is 3. The molecule has 40 heavy (non-hydrogen) atoms. The Hall–Kier alpha value is -4.86. The second-order valence-electron chi connectivity index (χ2n) is 8.46. The number of ether oxygens (including phenoxy) is 4. The Balaban J connectivity index is 1.49. The molecular weight excluding hydrogens is 514 g/mol. The average molecular weight is 548 g/mol. The minimum Gasteiger partial charge on any atom is -0.494 e. The standard InChI is InChI=1S/C30H33N3O7/c1-4-6-17-39-25-14-10-23(11-15-25)30(36)40-26-16-7-21(18-27(26)37-3)19-32-33-28(34)20-31-29(35)22-8-12-24(13-9-22)38-5-2/h7-16,18-19H,4-6,17,20H2,1-3H3,(H,31,35)(H,33,34). The van der Waals surface area contributed by atoms with E-state index >= 15 is 0 Å². The van der Waals surface area contributed by atoms with Crippen LogP contribution in [0.2, 0.25) is 0 Å². The van der Waals surface area contributed by atoms with Crippen LogP contribution >= 0.6 is 0 Å². The van der Waals surface area contributed by atoms with E-state index in [0.29, 0.717) is 47.2 Å². The summed E-state index contributed by atoms with van der Waals surface area (Å²) in [5.74, 6) is 0.447. The molecule has 10 heteroatoms. The monoisotopic (exact) mass is 547 g/mol. The van der Waals surface area contributed by atoms with Gasteiger partial charge < -0.3 is 24.3 Å². The summed E-state index contributed by atoms with van der Waals surface area (Å²) in [6, 6.07) is 18.2. The van der Waals surface area contributed by atoms with E-state index in [9.17, 15) is 14.4 Å². The number of methoxy groups -OCH3 is 1. The number of hydrogen-bond acceptors (Lipinski definition) is 8. The van der Waals surface area contributed by atoms with Crippen LogP contribution in [0.25, 0.3) is 0 Å². The summed E-state index contributed by atoms with van der Waals surface area (Å²) < 4.78 is 21.8. The van der Waals surface area contributed by atoms with E-state index in [1.165, 1.54) is 13.3 Å². The number of esters is 1. The van der Waals surface area contributed by atoms with Crippen molar-refractivity contribution < 1.29 is 33.3 Å². The Kier molecular flexibility index (Phi) is 11.5. The number of unbranched alkanes of at least 4 members (excludes halogenated alkanes) is 1. The predicted octanol–water partition coefficient (Wildman–Crippen LogP) is 4.37. The first kappa shape index (κ1) is 29.7. The number of benzene rings is 3. The van der Waals surface area contributed by atoms with Crippen LogP contribution in [0, 0.1) is 0 Å². The zero-order valence-corrected chi connectivity index (χ0v) is 22.8. The van der Waals surface area contributed by atoms with Crippen LogP contribution in [0.1, 0.15) is 53.0 Å². The van der Waals surface area contributed by atoms with Crippen LogP contribution in [0.15, 0.2) is 71.8 Å². The molecule has 210 valence electrons. The molecule has 0 aliphatic rings. The van der Waals surface area contributed by atoms with Crippen molar-refractivity contribution in [2.45, 2.75) is 26.7 Å². The van der Waals surface area contributed by atoms with Gasteiger partial charge in [-0.2, -0.15) is 5.10 Å². The first-order chi connectivity index (χ1) is 19.4. The van der Waals surface area contributed by atoms with E-state index in [-0.39, 0.29) is 12.3 Å². The van der Waals surface area contributed by atoms with Crippen molar-refractivity contribution >= 4 is 24.0 Å². The van der Waals surface area contributed by atoms with Gasteiger partial charge in [0.2, 0.25) is 0 Å². The average Bonchev–Trinajstić information content (AvgIpc) is 2.97. The molecule has 3 aromatic rings. The second kappa shape index (κ2) is 15.5. The molecule has 3 rings (SSSR count). The van der Waals surface area contributed by atoms with Gasteiger partial charge in [-0.05, 0) is 85.6 Å². The van der Waals surface area contributed by atoms with Crippen molar-refractivity contribution in [3.63, 3.8) is 0 Å². The second-order valence-corrected chi connectivity index (χ2v) is 8.46. The fourth-order valence-corrected chi connectivity index (χ4v) is 3.38. The molecule has 10 nitrogen and oxygen atoms in total. The SMILES string of the molecule is CCCCOc1ccc(C(=O)Oc2ccc(C=NNC(=O)CNC(=O)c3ccc(OCC)cc3)cc2OC)cc1. The lowest BCUT2D eigenvalue weighted by Gasteiger charge is -2.10. The Morgan fingerprint density at radius 3 is 2.17 bits per heavy atom. The van der Waals surface area contributed by atoms with Crippen molar-refractivity contribution in [2.24, 2.45) is 5.10 Å². The van der Waals surface area contributed by atoms with Crippen LogP contribution in [0.3, 0.4) is 0 Å². The van der Waals surface area contributed by atoms with E-state index in [1.54, 1.807) is 66.7 Å². The molecule has 0 saturated carbocycles. The summed E-state index contributed by atoms with van der Waals surface area (Å²) in [4.78, 5) is 36.9. The highest BCUT2D eigenvalue weighted by molar-refractivity contribution is 5.96. The maximum Gasteiger partial charge on any atom is 0.343 e. The fraction of sp³-hybridized carbons (Fsp3) is 0.267. The molecule has 2 N–H and O–H groups in total. The zero-order valence-electron chi connectivity index (χ0n) is 22.8. The van der Waals surface area contributed by atoms with Gasteiger partial charge in [-0.1, -0.05) is 13.3 Å². The maximum atomic E-state index is 12.6. The quantitative estimate of drug-likeness (QED) is 0.101. The largest absolute Gasteiger partial charge is 0.494 e. The molecule has 0 radical (unpaired) electrons. The lowest BCUT2D eigenvalue weighted by Crippen LogP contribution is -2.34. The molecule has 0 unspecified atom stereocenters. The summed E-state index contributed by atoms with van der Waals surface area (Å²) in [7, 11) is 1.45. The smallest absolute Gasteiger partial charge is 0.343 e. The summed E-state index contributed by atoms with van der Waals surface area (Å²) in [6.07, 6.45) is 3.40. The Labute approximate surface area is 233 Å². The Morgan fingerprint density at radius 1 is 0.850 bits per heavy atom.